The molecule has 1 amide bonds. The Labute approximate surface area is 219 Å². The molecule has 2 aromatic heterocycles. The predicted octanol–water partition coefficient (Wildman–Crippen LogP) is 5.80. The molecule has 0 aliphatic heterocycles. The second kappa shape index (κ2) is 9.48. The van der Waals surface area contributed by atoms with E-state index >= 15 is 0 Å². The Bertz CT molecular complexity index is 1590. The summed E-state index contributed by atoms with van der Waals surface area (Å²) in [5.41, 5.74) is 1.77. The number of carbonyl (C=O) groups is 2. The third kappa shape index (κ3) is 4.84. The molecule has 0 spiro atoms. The van der Waals surface area contributed by atoms with Crippen molar-refractivity contribution in [2.24, 2.45) is 5.73 Å². The fraction of sp³-hybridized carbons (Fsp3) is 0.250. The van der Waals surface area contributed by atoms with E-state index in [0.717, 1.165) is 22.4 Å². The number of aromatic nitrogens is 2. The van der Waals surface area contributed by atoms with Crippen LogP contribution in [-0.4, -0.2) is 26.5 Å². The van der Waals surface area contributed by atoms with Gasteiger partial charge >= 0.3 is 12.1 Å². The first-order valence-corrected chi connectivity index (χ1v) is 11.7. The second-order valence-electron chi connectivity index (χ2n) is 10.2. The van der Waals surface area contributed by atoms with Crippen molar-refractivity contribution in [2.45, 2.75) is 44.3 Å². The molecule has 0 aliphatic rings. The molecule has 39 heavy (non-hydrogen) atoms. The van der Waals surface area contributed by atoms with Gasteiger partial charge in [-0.1, -0.05) is 51.1 Å². The van der Waals surface area contributed by atoms with E-state index in [4.69, 9.17) is 5.73 Å². The first kappa shape index (κ1) is 27.7. The van der Waals surface area contributed by atoms with Crippen molar-refractivity contribution in [1.29, 1.82) is 0 Å². The van der Waals surface area contributed by atoms with E-state index in [9.17, 15) is 36.6 Å². The summed E-state index contributed by atoms with van der Waals surface area (Å²) >= 11 is 0. The van der Waals surface area contributed by atoms with Crippen molar-refractivity contribution in [2.75, 3.05) is 0 Å². The van der Waals surface area contributed by atoms with Crippen LogP contribution in [-0.2, 0) is 28.3 Å². The summed E-state index contributed by atoms with van der Waals surface area (Å²) in [5.74, 6) is -5.24. The minimum absolute atomic E-state index is 0.228. The van der Waals surface area contributed by atoms with Gasteiger partial charge in [0.2, 0.25) is 5.91 Å². The molecule has 1 atom stereocenters. The Morgan fingerprint density at radius 2 is 1.56 bits per heavy atom. The van der Waals surface area contributed by atoms with Gasteiger partial charge in [0.1, 0.15) is 5.82 Å². The number of benzene rings is 2. The lowest BCUT2D eigenvalue weighted by Gasteiger charge is -2.35. The molecule has 0 radical (unpaired) electrons. The normalized spacial score (nSPS) is 13.8. The zero-order valence-electron chi connectivity index (χ0n) is 21.1. The van der Waals surface area contributed by atoms with Crippen LogP contribution in [0, 0.1) is 11.6 Å². The van der Waals surface area contributed by atoms with Gasteiger partial charge in [0.05, 0.1) is 17.3 Å². The molecule has 0 aliphatic carbocycles. The molecule has 0 saturated carbocycles. The SMILES string of the molecule is CC(C)(C)c1ccc(CC(C(N)=O)(c2ccc(F)c(C(F)(F)F)c2)n2ccc3c(F)cnc(C(=O)O)c32)cc1. The number of fused-ring (bicyclic) bond motifs is 1. The molecular formula is C28H24F5N3O3. The largest absolute Gasteiger partial charge is 0.476 e. The van der Waals surface area contributed by atoms with Gasteiger partial charge in [-0.15, -0.1) is 0 Å². The van der Waals surface area contributed by atoms with E-state index in [1.54, 1.807) is 24.3 Å². The van der Waals surface area contributed by atoms with Crippen LogP contribution in [0.4, 0.5) is 22.0 Å². The average molecular weight is 546 g/mol. The Balaban J connectivity index is 2.09. The summed E-state index contributed by atoms with van der Waals surface area (Å²) in [7, 11) is 0. The van der Waals surface area contributed by atoms with Gasteiger partial charge in [-0.25, -0.2) is 18.6 Å². The summed E-state index contributed by atoms with van der Waals surface area (Å²) in [6, 6.07) is 10.0. The number of carboxylic acids is 1. The number of halogens is 5. The van der Waals surface area contributed by atoms with Crippen molar-refractivity contribution < 1.29 is 36.6 Å². The molecule has 0 fully saturated rings. The van der Waals surface area contributed by atoms with Gasteiger partial charge in [-0.2, -0.15) is 13.2 Å². The van der Waals surface area contributed by atoms with Crippen LogP contribution in [0.15, 0.2) is 60.9 Å². The molecule has 1 unspecified atom stereocenters. The maximum absolute atomic E-state index is 14.7. The number of nitrogens with zero attached hydrogens (tertiary/aromatic N) is 2. The zero-order chi connectivity index (χ0) is 28.9. The highest BCUT2D eigenvalue weighted by Gasteiger charge is 2.45. The fourth-order valence-corrected chi connectivity index (χ4v) is 4.69. The maximum atomic E-state index is 14.7. The summed E-state index contributed by atoms with van der Waals surface area (Å²) < 4.78 is 71.2. The van der Waals surface area contributed by atoms with Crippen molar-refractivity contribution in [1.82, 2.24) is 9.55 Å². The molecule has 11 heteroatoms. The number of pyridine rings is 1. The number of rotatable bonds is 6. The number of nitrogens with two attached hydrogens (primary N) is 1. The van der Waals surface area contributed by atoms with Crippen LogP contribution in [0.3, 0.4) is 0 Å². The highest BCUT2D eigenvalue weighted by Crippen LogP contribution is 2.40. The van der Waals surface area contributed by atoms with Gasteiger partial charge in [0, 0.05) is 18.0 Å². The Hall–Kier alpha value is -4.28. The van der Waals surface area contributed by atoms with Crippen molar-refractivity contribution in [3.63, 3.8) is 0 Å². The van der Waals surface area contributed by atoms with Gasteiger partial charge in [0.15, 0.2) is 17.1 Å². The lowest BCUT2D eigenvalue weighted by Crippen LogP contribution is -2.49. The van der Waals surface area contributed by atoms with Crippen molar-refractivity contribution in [3.05, 3.63) is 101 Å². The van der Waals surface area contributed by atoms with Gasteiger partial charge < -0.3 is 15.4 Å². The first-order chi connectivity index (χ1) is 18.1. The number of amides is 1. The quantitative estimate of drug-likeness (QED) is 0.299. The number of hydrogen-bond acceptors (Lipinski definition) is 3. The summed E-state index contributed by atoms with van der Waals surface area (Å²) in [6.45, 7) is 5.94. The molecule has 204 valence electrons. The van der Waals surface area contributed by atoms with Crippen LogP contribution in [0.2, 0.25) is 0 Å². The molecule has 2 aromatic carbocycles. The lowest BCUT2D eigenvalue weighted by atomic mass is 9.80. The van der Waals surface area contributed by atoms with E-state index in [2.05, 4.69) is 4.98 Å². The lowest BCUT2D eigenvalue weighted by molar-refractivity contribution is -0.140. The molecule has 3 N–H and O–H groups in total. The van der Waals surface area contributed by atoms with E-state index in [-0.39, 0.29) is 28.3 Å². The zero-order valence-corrected chi connectivity index (χ0v) is 21.1. The number of primary amides is 1. The smallest absolute Gasteiger partial charge is 0.419 e. The number of carboxylic acid groups (broad SMARTS) is 1. The Kier molecular flexibility index (Phi) is 6.74. The number of carbonyl (C=O) groups excluding carboxylic acids is 1. The number of hydrogen-bond donors (Lipinski definition) is 2. The molecule has 4 aromatic rings. The van der Waals surface area contributed by atoms with Crippen molar-refractivity contribution in [3.8, 4) is 0 Å². The summed E-state index contributed by atoms with van der Waals surface area (Å²) in [5, 5.41) is 9.52. The molecule has 6 nitrogen and oxygen atoms in total. The highest BCUT2D eigenvalue weighted by molar-refractivity contribution is 6.02. The third-order valence-electron chi connectivity index (χ3n) is 6.73. The van der Waals surface area contributed by atoms with Crippen molar-refractivity contribution >= 4 is 22.8 Å². The minimum atomic E-state index is -5.11. The van der Waals surface area contributed by atoms with Crippen LogP contribution in [0.25, 0.3) is 10.9 Å². The standard InChI is InChI=1S/C28H24F5N3O3/c1-26(2,3)16-6-4-15(5-7-16)13-27(25(34)39,17-8-9-20(29)19(12-17)28(31,32)33)36-11-10-18-21(30)14-35-22(23(18)36)24(37)38/h4-12,14H,13H2,1-3H3,(H2,34,39)(H,37,38). The number of aromatic carboxylic acids is 1. The van der Waals surface area contributed by atoms with E-state index in [1.807, 2.05) is 20.8 Å². The Morgan fingerprint density at radius 1 is 0.949 bits per heavy atom. The second-order valence-corrected chi connectivity index (χ2v) is 10.2. The topological polar surface area (TPSA) is 98.2 Å². The van der Waals surface area contributed by atoms with E-state index in [0.29, 0.717) is 23.9 Å². The molecule has 0 saturated heterocycles. The summed E-state index contributed by atoms with van der Waals surface area (Å²) in [6.07, 6.45) is -3.63. The van der Waals surface area contributed by atoms with Gasteiger partial charge in [0.25, 0.3) is 0 Å². The fourth-order valence-electron chi connectivity index (χ4n) is 4.69. The molecule has 2 heterocycles. The van der Waals surface area contributed by atoms with Crippen LogP contribution >= 0.6 is 0 Å². The monoisotopic (exact) mass is 545 g/mol. The maximum Gasteiger partial charge on any atom is 0.419 e. The third-order valence-corrected chi connectivity index (χ3v) is 6.73. The number of alkyl halides is 3. The highest BCUT2D eigenvalue weighted by atomic mass is 19.4. The van der Waals surface area contributed by atoms with E-state index in [1.165, 1.54) is 6.07 Å². The Morgan fingerprint density at radius 3 is 2.10 bits per heavy atom. The van der Waals surface area contributed by atoms with Gasteiger partial charge in [-0.05, 0) is 40.3 Å². The van der Waals surface area contributed by atoms with E-state index < -0.39 is 46.5 Å². The predicted molar refractivity (Wildman–Crippen MR) is 133 cm³/mol. The molecular weight excluding hydrogens is 521 g/mol. The summed E-state index contributed by atoms with van der Waals surface area (Å²) in [4.78, 5) is 29.0. The molecule has 0 bridgehead atoms. The van der Waals surface area contributed by atoms with Crippen LogP contribution < -0.4 is 5.73 Å². The first-order valence-electron chi connectivity index (χ1n) is 11.7. The van der Waals surface area contributed by atoms with Crippen LogP contribution in [0.1, 0.15) is 53.5 Å². The molecule has 4 rings (SSSR count). The minimum Gasteiger partial charge on any atom is -0.476 e. The van der Waals surface area contributed by atoms with Crippen LogP contribution in [0.5, 0.6) is 0 Å². The average Bonchev–Trinajstić information content (AvgIpc) is 3.28. The van der Waals surface area contributed by atoms with Gasteiger partial charge in [-0.3, -0.25) is 4.79 Å².